The third-order valence-corrected chi connectivity index (χ3v) is 2.99. The Morgan fingerprint density at radius 3 is 2.13 bits per heavy atom. The molecule has 5 heteroatoms. The number of benzene rings is 1. The number of halogens is 2. The van der Waals surface area contributed by atoms with Crippen molar-refractivity contribution in [1.82, 2.24) is 0 Å². The average Bonchev–Trinajstić information content (AvgIpc) is 2.27. The lowest BCUT2D eigenvalue weighted by Gasteiger charge is -2.16. The van der Waals surface area contributed by atoms with Gasteiger partial charge >= 0.3 is 0 Å². The van der Waals surface area contributed by atoms with E-state index in [4.69, 9.17) is 25.8 Å². The summed E-state index contributed by atoms with van der Waals surface area (Å²) in [5.41, 5.74) is 0.844. The predicted octanol–water partition coefficient (Wildman–Crippen LogP) is 3.21. The van der Waals surface area contributed by atoms with Gasteiger partial charge in [0.25, 0.3) is 0 Å². The molecule has 0 N–H and O–H groups in total. The molecule has 0 radical (unpaired) electrons. The molecule has 0 saturated heterocycles. The van der Waals surface area contributed by atoms with Crippen molar-refractivity contribution in [1.29, 1.82) is 0 Å². The summed E-state index contributed by atoms with van der Waals surface area (Å²) >= 11 is 9.24. The molecule has 0 aliphatic carbocycles. The van der Waals surface area contributed by atoms with E-state index in [1.54, 1.807) is 27.4 Å². The van der Waals surface area contributed by atoms with E-state index in [-0.39, 0.29) is 0 Å². The second kappa shape index (κ2) is 5.47. The highest BCUT2D eigenvalue weighted by Crippen LogP contribution is 2.44. The Kier molecular flexibility index (Phi) is 4.54. The lowest BCUT2D eigenvalue weighted by Crippen LogP contribution is -1.98. The van der Waals surface area contributed by atoms with Gasteiger partial charge in [-0.05, 0) is 6.07 Å². The topological polar surface area (TPSA) is 27.7 Å². The van der Waals surface area contributed by atoms with Gasteiger partial charge in [0.1, 0.15) is 0 Å². The first-order valence-corrected chi connectivity index (χ1v) is 5.55. The van der Waals surface area contributed by atoms with Gasteiger partial charge in [0, 0.05) is 10.0 Å². The van der Waals surface area contributed by atoms with Gasteiger partial charge in [-0.3, -0.25) is 0 Å². The molecule has 0 atom stereocenters. The van der Waals surface area contributed by atoms with Crippen LogP contribution in [-0.2, 0) is 5.88 Å². The van der Waals surface area contributed by atoms with Crippen molar-refractivity contribution in [2.75, 3.05) is 21.3 Å². The van der Waals surface area contributed by atoms with Crippen molar-refractivity contribution in [2.24, 2.45) is 0 Å². The molecule has 0 saturated carbocycles. The van der Waals surface area contributed by atoms with Crippen LogP contribution >= 0.6 is 27.5 Å². The average molecular weight is 296 g/mol. The lowest BCUT2D eigenvalue weighted by molar-refractivity contribution is 0.322. The van der Waals surface area contributed by atoms with Crippen LogP contribution in [0.1, 0.15) is 5.56 Å². The van der Waals surface area contributed by atoms with Crippen LogP contribution < -0.4 is 14.2 Å². The van der Waals surface area contributed by atoms with Gasteiger partial charge in [-0.25, -0.2) is 0 Å². The van der Waals surface area contributed by atoms with Crippen molar-refractivity contribution < 1.29 is 14.2 Å². The van der Waals surface area contributed by atoms with E-state index in [0.717, 1.165) is 10.0 Å². The highest BCUT2D eigenvalue weighted by Gasteiger charge is 2.18. The van der Waals surface area contributed by atoms with Gasteiger partial charge in [-0.2, -0.15) is 0 Å². The van der Waals surface area contributed by atoms with Gasteiger partial charge in [0.05, 0.1) is 27.2 Å². The molecular weight excluding hydrogens is 283 g/mol. The molecule has 15 heavy (non-hydrogen) atoms. The van der Waals surface area contributed by atoms with Crippen LogP contribution in [0.4, 0.5) is 0 Å². The number of hydrogen-bond acceptors (Lipinski definition) is 3. The van der Waals surface area contributed by atoms with Gasteiger partial charge in [0.15, 0.2) is 11.5 Å². The summed E-state index contributed by atoms with van der Waals surface area (Å²) in [5, 5.41) is 0. The third kappa shape index (κ3) is 2.32. The molecule has 1 aromatic carbocycles. The van der Waals surface area contributed by atoms with Crippen molar-refractivity contribution >= 4 is 27.5 Å². The molecule has 0 amide bonds. The van der Waals surface area contributed by atoms with Crippen molar-refractivity contribution in [3.8, 4) is 17.2 Å². The zero-order valence-corrected chi connectivity index (χ0v) is 11.1. The molecule has 0 aliphatic rings. The smallest absolute Gasteiger partial charge is 0.203 e. The lowest BCUT2D eigenvalue weighted by atomic mass is 10.2. The highest BCUT2D eigenvalue weighted by molar-refractivity contribution is 9.10. The summed E-state index contributed by atoms with van der Waals surface area (Å²) in [6, 6.07) is 1.80. The Hall–Kier alpha value is -0.610. The summed E-state index contributed by atoms with van der Waals surface area (Å²) in [5.74, 6) is 2.09. The number of ether oxygens (including phenoxy) is 3. The largest absolute Gasteiger partial charge is 0.493 e. The molecule has 0 aromatic heterocycles. The minimum Gasteiger partial charge on any atom is -0.493 e. The fourth-order valence-corrected chi connectivity index (χ4v) is 2.27. The first-order chi connectivity index (χ1) is 7.19. The zero-order chi connectivity index (χ0) is 11.4. The maximum Gasteiger partial charge on any atom is 0.203 e. The minimum absolute atomic E-state index is 0.337. The fourth-order valence-electron chi connectivity index (χ4n) is 1.31. The third-order valence-electron chi connectivity index (χ3n) is 2.01. The standard InChI is InChI=1S/C10H12BrClO3/c1-13-8-4-7(11)6(5-12)9(14-2)10(8)15-3/h4H,5H2,1-3H3. The van der Waals surface area contributed by atoms with E-state index in [1.807, 2.05) is 0 Å². The molecule has 0 aliphatic heterocycles. The zero-order valence-electron chi connectivity index (χ0n) is 8.77. The molecule has 84 valence electrons. The second-order valence-electron chi connectivity index (χ2n) is 2.74. The Labute approximate surface area is 102 Å². The summed E-state index contributed by atoms with van der Waals surface area (Å²) in [7, 11) is 4.70. The minimum atomic E-state index is 0.337. The molecule has 0 fully saturated rings. The quantitative estimate of drug-likeness (QED) is 0.798. The van der Waals surface area contributed by atoms with Crippen LogP contribution in [0.5, 0.6) is 17.2 Å². The second-order valence-corrected chi connectivity index (χ2v) is 3.86. The summed E-state index contributed by atoms with van der Waals surface area (Å²) in [4.78, 5) is 0. The van der Waals surface area contributed by atoms with Gasteiger partial charge in [-0.1, -0.05) is 15.9 Å². The first kappa shape index (κ1) is 12.5. The predicted molar refractivity (Wildman–Crippen MR) is 63.4 cm³/mol. The number of rotatable bonds is 4. The van der Waals surface area contributed by atoms with Crippen LogP contribution in [0, 0.1) is 0 Å². The van der Waals surface area contributed by atoms with Crippen LogP contribution in [-0.4, -0.2) is 21.3 Å². The number of hydrogen-bond donors (Lipinski definition) is 0. The highest BCUT2D eigenvalue weighted by atomic mass is 79.9. The molecule has 1 rings (SSSR count). The molecule has 3 nitrogen and oxygen atoms in total. The molecular formula is C10H12BrClO3. The summed E-state index contributed by atoms with van der Waals surface area (Å²) in [6.45, 7) is 0. The summed E-state index contributed by atoms with van der Waals surface area (Å²) < 4.78 is 16.5. The molecule has 0 unspecified atom stereocenters. The molecule has 1 aromatic rings. The van der Waals surface area contributed by atoms with Crippen LogP contribution in [0.15, 0.2) is 10.5 Å². The van der Waals surface area contributed by atoms with E-state index < -0.39 is 0 Å². The Morgan fingerprint density at radius 1 is 1.13 bits per heavy atom. The molecule has 0 bridgehead atoms. The van der Waals surface area contributed by atoms with Gasteiger partial charge < -0.3 is 14.2 Å². The van der Waals surface area contributed by atoms with Crippen LogP contribution in [0.2, 0.25) is 0 Å². The molecule has 0 spiro atoms. The van der Waals surface area contributed by atoms with Gasteiger partial charge in [0.2, 0.25) is 5.75 Å². The van der Waals surface area contributed by atoms with Crippen molar-refractivity contribution in [3.63, 3.8) is 0 Å². The first-order valence-electron chi connectivity index (χ1n) is 4.22. The van der Waals surface area contributed by atoms with E-state index in [1.165, 1.54) is 0 Å². The van der Waals surface area contributed by atoms with E-state index in [2.05, 4.69) is 15.9 Å². The van der Waals surface area contributed by atoms with Crippen molar-refractivity contribution in [2.45, 2.75) is 5.88 Å². The number of methoxy groups -OCH3 is 3. The SMILES string of the molecule is COc1cc(Br)c(CCl)c(OC)c1OC. The Balaban J connectivity index is 3.44. The van der Waals surface area contributed by atoms with Crippen LogP contribution in [0.3, 0.4) is 0 Å². The fraction of sp³-hybridized carbons (Fsp3) is 0.400. The maximum absolute atomic E-state index is 5.83. The monoisotopic (exact) mass is 294 g/mol. The Bertz CT molecular complexity index is 355. The normalized spacial score (nSPS) is 9.93. The molecule has 0 heterocycles. The maximum atomic E-state index is 5.83. The number of alkyl halides is 1. The van der Waals surface area contributed by atoms with E-state index in [0.29, 0.717) is 23.1 Å². The summed E-state index contributed by atoms with van der Waals surface area (Å²) in [6.07, 6.45) is 0. The van der Waals surface area contributed by atoms with Crippen LogP contribution in [0.25, 0.3) is 0 Å². The van der Waals surface area contributed by atoms with Gasteiger partial charge in [-0.15, -0.1) is 11.6 Å². The van der Waals surface area contributed by atoms with Crippen molar-refractivity contribution in [3.05, 3.63) is 16.1 Å². The Morgan fingerprint density at radius 2 is 1.73 bits per heavy atom. The van der Waals surface area contributed by atoms with E-state index >= 15 is 0 Å². The van der Waals surface area contributed by atoms with E-state index in [9.17, 15) is 0 Å².